The largest absolute Gasteiger partial charge is 0.457 e. The molecule has 1 aliphatic rings. The van der Waals surface area contributed by atoms with Gasteiger partial charge in [0.2, 0.25) is 0 Å². The third-order valence-electron chi connectivity index (χ3n) is 3.47. The number of aryl methyl sites for hydroxylation is 1. The van der Waals surface area contributed by atoms with E-state index in [1.807, 2.05) is 42.5 Å². The summed E-state index contributed by atoms with van der Waals surface area (Å²) in [5.74, 6) is 1.67. The van der Waals surface area contributed by atoms with Crippen molar-refractivity contribution < 1.29 is 4.74 Å². The standard InChI is InChI=1S/C17H18ClNO/c1-12-5-9-14(10-6-12)20-17-4-2-3-16(18)15(17)11-19-13-7-8-13/h2-6,9-10,13,19H,7-8,11H2,1H3. The van der Waals surface area contributed by atoms with Crippen LogP contribution in [0.15, 0.2) is 42.5 Å². The van der Waals surface area contributed by atoms with E-state index in [9.17, 15) is 0 Å². The smallest absolute Gasteiger partial charge is 0.133 e. The molecule has 0 amide bonds. The van der Waals surface area contributed by atoms with Crippen LogP contribution in [-0.4, -0.2) is 6.04 Å². The highest BCUT2D eigenvalue weighted by molar-refractivity contribution is 6.31. The molecule has 0 spiro atoms. The van der Waals surface area contributed by atoms with Crippen molar-refractivity contribution >= 4 is 11.6 Å². The average Bonchev–Trinajstić information content (AvgIpc) is 3.25. The summed E-state index contributed by atoms with van der Waals surface area (Å²) in [7, 11) is 0. The third-order valence-corrected chi connectivity index (χ3v) is 3.82. The monoisotopic (exact) mass is 287 g/mol. The predicted molar refractivity (Wildman–Crippen MR) is 82.6 cm³/mol. The Labute approximate surface area is 124 Å². The van der Waals surface area contributed by atoms with Gasteiger partial charge in [0.25, 0.3) is 0 Å². The quantitative estimate of drug-likeness (QED) is 0.861. The van der Waals surface area contributed by atoms with Gasteiger partial charge in [-0.1, -0.05) is 35.4 Å². The minimum Gasteiger partial charge on any atom is -0.457 e. The van der Waals surface area contributed by atoms with Crippen LogP contribution in [0.2, 0.25) is 5.02 Å². The molecule has 0 saturated heterocycles. The molecule has 0 atom stereocenters. The van der Waals surface area contributed by atoms with E-state index in [1.54, 1.807) is 0 Å². The summed E-state index contributed by atoms with van der Waals surface area (Å²) < 4.78 is 5.97. The van der Waals surface area contributed by atoms with Gasteiger partial charge >= 0.3 is 0 Å². The van der Waals surface area contributed by atoms with Gasteiger partial charge < -0.3 is 10.1 Å². The molecule has 0 aliphatic heterocycles. The first-order valence-corrected chi connectivity index (χ1v) is 7.35. The summed E-state index contributed by atoms with van der Waals surface area (Å²) in [6.45, 7) is 2.82. The van der Waals surface area contributed by atoms with Gasteiger partial charge in [-0.3, -0.25) is 0 Å². The lowest BCUT2D eigenvalue weighted by molar-refractivity contribution is 0.472. The fourth-order valence-corrected chi connectivity index (χ4v) is 2.31. The molecule has 20 heavy (non-hydrogen) atoms. The van der Waals surface area contributed by atoms with Crippen molar-refractivity contribution in [2.24, 2.45) is 0 Å². The van der Waals surface area contributed by atoms with Crippen molar-refractivity contribution in [1.29, 1.82) is 0 Å². The molecule has 104 valence electrons. The zero-order valence-electron chi connectivity index (χ0n) is 11.5. The molecule has 1 aliphatic carbocycles. The molecule has 0 unspecified atom stereocenters. The number of nitrogens with one attached hydrogen (secondary N) is 1. The molecule has 2 aromatic rings. The van der Waals surface area contributed by atoms with Gasteiger partial charge in [0, 0.05) is 23.2 Å². The molecular formula is C17H18ClNO. The highest BCUT2D eigenvalue weighted by Crippen LogP contribution is 2.31. The van der Waals surface area contributed by atoms with E-state index in [-0.39, 0.29) is 0 Å². The average molecular weight is 288 g/mol. The Kier molecular flexibility index (Phi) is 3.95. The predicted octanol–water partition coefficient (Wildman–Crippen LogP) is 4.69. The number of ether oxygens (including phenoxy) is 1. The van der Waals surface area contributed by atoms with E-state index in [0.717, 1.165) is 28.6 Å². The normalized spacial score (nSPS) is 14.3. The van der Waals surface area contributed by atoms with Gasteiger partial charge in [0.05, 0.1) is 0 Å². The molecule has 3 heteroatoms. The van der Waals surface area contributed by atoms with Crippen LogP contribution < -0.4 is 10.1 Å². The lowest BCUT2D eigenvalue weighted by Gasteiger charge is -2.13. The lowest BCUT2D eigenvalue weighted by atomic mass is 10.2. The van der Waals surface area contributed by atoms with Crippen LogP contribution in [0.4, 0.5) is 0 Å². The molecule has 1 fully saturated rings. The molecule has 0 bridgehead atoms. The first kappa shape index (κ1) is 13.5. The second-order valence-corrected chi connectivity index (χ2v) is 5.69. The molecule has 3 rings (SSSR count). The lowest BCUT2D eigenvalue weighted by Crippen LogP contribution is -2.16. The zero-order valence-corrected chi connectivity index (χ0v) is 12.3. The molecule has 1 N–H and O–H groups in total. The molecule has 0 heterocycles. The molecule has 0 radical (unpaired) electrons. The van der Waals surface area contributed by atoms with E-state index in [1.165, 1.54) is 18.4 Å². The molecule has 1 saturated carbocycles. The minimum atomic E-state index is 0.651. The van der Waals surface area contributed by atoms with Crippen molar-refractivity contribution in [3.05, 3.63) is 58.6 Å². The van der Waals surface area contributed by atoms with E-state index >= 15 is 0 Å². The fourth-order valence-electron chi connectivity index (χ4n) is 2.07. The van der Waals surface area contributed by atoms with Gasteiger partial charge in [-0.05, 0) is 44.0 Å². The third kappa shape index (κ3) is 3.33. The Morgan fingerprint density at radius 2 is 1.90 bits per heavy atom. The van der Waals surface area contributed by atoms with Crippen molar-refractivity contribution in [2.75, 3.05) is 0 Å². The van der Waals surface area contributed by atoms with E-state index < -0.39 is 0 Å². The summed E-state index contributed by atoms with van der Waals surface area (Å²) in [6, 6.07) is 14.5. The maximum absolute atomic E-state index is 6.30. The molecular weight excluding hydrogens is 270 g/mol. The Morgan fingerprint density at radius 1 is 1.15 bits per heavy atom. The van der Waals surface area contributed by atoms with Crippen molar-refractivity contribution in [1.82, 2.24) is 5.32 Å². The first-order chi connectivity index (χ1) is 9.72. The second kappa shape index (κ2) is 5.86. The van der Waals surface area contributed by atoms with E-state index in [4.69, 9.17) is 16.3 Å². The SMILES string of the molecule is Cc1ccc(Oc2cccc(Cl)c2CNC2CC2)cc1. The number of hydrogen-bond acceptors (Lipinski definition) is 2. The Morgan fingerprint density at radius 3 is 2.60 bits per heavy atom. The molecule has 2 aromatic carbocycles. The van der Waals surface area contributed by atoms with Gasteiger partial charge in [-0.2, -0.15) is 0 Å². The van der Waals surface area contributed by atoms with Gasteiger partial charge in [-0.15, -0.1) is 0 Å². The Hall–Kier alpha value is -1.51. The molecule has 2 nitrogen and oxygen atoms in total. The highest BCUT2D eigenvalue weighted by atomic mass is 35.5. The summed E-state index contributed by atoms with van der Waals surface area (Å²) in [4.78, 5) is 0. The van der Waals surface area contributed by atoms with Crippen molar-refractivity contribution in [3.63, 3.8) is 0 Å². The van der Waals surface area contributed by atoms with Crippen LogP contribution in [0, 0.1) is 6.92 Å². The highest BCUT2D eigenvalue weighted by Gasteiger charge is 2.21. The van der Waals surface area contributed by atoms with Crippen LogP contribution >= 0.6 is 11.6 Å². The van der Waals surface area contributed by atoms with Gasteiger partial charge in [0.1, 0.15) is 11.5 Å². The first-order valence-electron chi connectivity index (χ1n) is 6.97. The fraction of sp³-hybridized carbons (Fsp3) is 0.294. The van der Waals surface area contributed by atoms with Crippen LogP contribution in [0.3, 0.4) is 0 Å². The van der Waals surface area contributed by atoms with Crippen molar-refractivity contribution in [3.8, 4) is 11.5 Å². The van der Waals surface area contributed by atoms with Crippen molar-refractivity contribution in [2.45, 2.75) is 32.4 Å². The summed E-state index contributed by atoms with van der Waals surface area (Å²) in [5.41, 5.74) is 2.25. The number of rotatable bonds is 5. The van der Waals surface area contributed by atoms with Crippen LogP contribution in [0.25, 0.3) is 0 Å². The summed E-state index contributed by atoms with van der Waals surface area (Å²) in [6.07, 6.45) is 2.53. The van der Waals surface area contributed by atoms with E-state index in [0.29, 0.717) is 6.04 Å². The maximum atomic E-state index is 6.30. The van der Waals surface area contributed by atoms with Gasteiger partial charge in [0.15, 0.2) is 0 Å². The Bertz CT molecular complexity index is 590. The second-order valence-electron chi connectivity index (χ2n) is 5.29. The summed E-state index contributed by atoms with van der Waals surface area (Å²) >= 11 is 6.30. The van der Waals surface area contributed by atoms with Gasteiger partial charge in [-0.25, -0.2) is 0 Å². The van der Waals surface area contributed by atoms with E-state index in [2.05, 4.69) is 12.2 Å². The topological polar surface area (TPSA) is 21.3 Å². The minimum absolute atomic E-state index is 0.651. The number of halogens is 1. The molecule has 0 aromatic heterocycles. The number of hydrogen-bond donors (Lipinski definition) is 1. The van der Waals surface area contributed by atoms with Crippen LogP contribution in [-0.2, 0) is 6.54 Å². The van der Waals surface area contributed by atoms with Crippen LogP contribution in [0.5, 0.6) is 11.5 Å². The summed E-state index contributed by atoms with van der Waals surface area (Å²) in [5, 5.41) is 4.24. The van der Waals surface area contributed by atoms with Crippen LogP contribution in [0.1, 0.15) is 24.0 Å². The number of benzene rings is 2. The maximum Gasteiger partial charge on any atom is 0.133 e. The zero-order chi connectivity index (χ0) is 13.9. The Balaban J connectivity index is 1.80.